The van der Waals surface area contributed by atoms with Crippen LogP contribution in [0.2, 0.25) is 0 Å². The van der Waals surface area contributed by atoms with Crippen molar-refractivity contribution >= 4 is 16.0 Å². The van der Waals surface area contributed by atoms with Crippen molar-refractivity contribution in [3.8, 4) is 5.75 Å². The third kappa shape index (κ3) is 5.62. The lowest BCUT2D eigenvalue weighted by atomic mass is 9.84. The second kappa shape index (κ2) is 9.52. The van der Waals surface area contributed by atoms with Crippen molar-refractivity contribution in [2.45, 2.75) is 63.2 Å². The van der Waals surface area contributed by atoms with Crippen LogP contribution in [0.15, 0.2) is 53.4 Å². The molecule has 0 radical (unpaired) electrons. The number of amides is 1. The van der Waals surface area contributed by atoms with Gasteiger partial charge in [-0.15, -0.1) is 0 Å². The molecular weight excluding hydrogens is 443 g/mol. The van der Waals surface area contributed by atoms with Gasteiger partial charge in [-0.3, -0.25) is 4.79 Å². The molecule has 1 aliphatic rings. The molecule has 174 valence electrons. The first-order valence-corrected chi connectivity index (χ1v) is 11.9. The molecule has 3 rings (SSSR count). The van der Waals surface area contributed by atoms with Gasteiger partial charge in [0.2, 0.25) is 5.91 Å². The molecule has 0 heterocycles. The highest BCUT2D eigenvalue weighted by Gasteiger charge is 2.33. The van der Waals surface area contributed by atoms with E-state index in [9.17, 15) is 26.4 Å². The van der Waals surface area contributed by atoms with Gasteiger partial charge in [0, 0.05) is 18.5 Å². The average Bonchev–Trinajstić information content (AvgIpc) is 2.69. The molecule has 0 bridgehead atoms. The van der Waals surface area contributed by atoms with Crippen molar-refractivity contribution in [1.29, 1.82) is 0 Å². The van der Waals surface area contributed by atoms with E-state index in [1.165, 1.54) is 12.1 Å². The van der Waals surface area contributed by atoms with Crippen LogP contribution in [0, 0.1) is 5.92 Å². The average molecular weight is 470 g/mol. The van der Waals surface area contributed by atoms with Gasteiger partial charge in [0.05, 0.1) is 5.56 Å². The quantitative estimate of drug-likeness (QED) is 0.486. The van der Waals surface area contributed by atoms with Crippen LogP contribution < -0.4 is 4.18 Å². The Morgan fingerprint density at radius 3 is 2.44 bits per heavy atom. The number of hydrogen-bond acceptors (Lipinski definition) is 4. The van der Waals surface area contributed by atoms with Gasteiger partial charge in [-0.25, -0.2) is 0 Å². The monoisotopic (exact) mass is 469 g/mol. The molecule has 1 atom stereocenters. The van der Waals surface area contributed by atoms with Crippen LogP contribution >= 0.6 is 0 Å². The molecule has 5 nitrogen and oxygen atoms in total. The summed E-state index contributed by atoms with van der Waals surface area (Å²) in [7, 11) is -4.47. The van der Waals surface area contributed by atoms with Crippen LogP contribution in [0.25, 0.3) is 0 Å². The third-order valence-electron chi connectivity index (χ3n) is 5.77. The molecule has 1 amide bonds. The summed E-state index contributed by atoms with van der Waals surface area (Å²) in [5.41, 5.74) is -0.399. The molecule has 9 heteroatoms. The smallest absolute Gasteiger partial charge is 0.379 e. The molecule has 0 aliphatic heterocycles. The Morgan fingerprint density at radius 1 is 1.16 bits per heavy atom. The van der Waals surface area contributed by atoms with Gasteiger partial charge in [-0.1, -0.05) is 31.5 Å². The van der Waals surface area contributed by atoms with E-state index in [1.807, 2.05) is 13.8 Å². The number of rotatable bonds is 8. The van der Waals surface area contributed by atoms with Gasteiger partial charge in [0.15, 0.2) is 0 Å². The van der Waals surface area contributed by atoms with Crippen LogP contribution in [-0.4, -0.2) is 25.3 Å². The zero-order valence-corrected chi connectivity index (χ0v) is 18.7. The van der Waals surface area contributed by atoms with Gasteiger partial charge in [0.25, 0.3) is 0 Å². The minimum atomic E-state index is -4.67. The van der Waals surface area contributed by atoms with E-state index in [0.717, 1.165) is 43.9 Å². The SMILES string of the molecule is CC[C@H](C)N(Cc1cccc(OS(=O)(=O)c2cccc(C(F)(F)F)c2)c1)C(=O)C1CCC1. The summed E-state index contributed by atoms with van der Waals surface area (Å²) in [6.45, 7) is 4.26. The van der Waals surface area contributed by atoms with Crippen LogP contribution in [-0.2, 0) is 27.6 Å². The van der Waals surface area contributed by atoms with Gasteiger partial charge >= 0.3 is 16.3 Å². The van der Waals surface area contributed by atoms with Crippen LogP contribution in [0.4, 0.5) is 13.2 Å². The second-order valence-corrected chi connectivity index (χ2v) is 9.61. The molecule has 0 unspecified atom stereocenters. The van der Waals surface area contributed by atoms with Gasteiger partial charge in [-0.05, 0) is 62.1 Å². The number of halogens is 3. The molecule has 2 aromatic rings. The zero-order chi connectivity index (χ0) is 23.5. The van der Waals surface area contributed by atoms with Crippen molar-refractivity contribution in [3.63, 3.8) is 0 Å². The first kappa shape index (κ1) is 24.1. The van der Waals surface area contributed by atoms with E-state index < -0.39 is 26.8 Å². The topological polar surface area (TPSA) is 63.7 Å². The van der Waals surface area contributed by atoms with E-state index >= 15 is 0 Å². The van der Waals surface area contributed by atoms with Crippen molar-refractivity contribution in [1.82, 2.24) is 4.90 Å². The molecule has 1 saturated carbocycles. The molecule has 1 fully saturated rings. The molecule has 0 N–H and O–H groups in total. The number of alkyl halides is 3. The van der Waals surface area contributed by atoms with Crippen molar-refractivity contribution in [3.05, 3.63) is 59.7 Å². The summed E-state index contributed by atoms with van der Waals surface area (Å²) < 4.78 is 69.0. The maximum atomic E-state index is 12.9. The molecule has 0 saturated heterocycles. The molecule has 0 aromatic heterocycles. The van der Waals surface area contributed by atoms with E-state index in [2.05, 4.69) is 0 Å². The number of carbonyl (C=O) groups excluding carboxylic acids is 1. The van der Waals surface area contributed by atoms with Gasteiger partial charge < -0.3 is 9.08 Å². The summed E-state index contributed by atoms with van der Waals surface area (Å²) >= 11 is 0. The predicted molar refractivity (Wildman–Crippen MR) is 113 cm³/mol. The summed E-state index contributed by atoms with van der Waals surface area (Å²) in [6, 6.07) is 9.68. The van der Waals surface area contributed by atoms with Gasteiger partial charge in [-0.2, -0.15) is 21.6 Å². The van der Waals surface area contributed by atoms with Crippen molar-refractivity contribution in [2.75, 3.05) is 0 Å². The maximum absolute atomic E-state index is 12.9. The number of hydrogen-bond donors (Lipinski definition) is 0. The zero-order valence-electron chi connectivity index (χ0n) is 17.9. The fourth-order valence-corrected chi connectivity index (χ4v) is 4.43. The summed E-state index contributed by atoms with van der Waals surface area (Å²) in [5.74, 6) is 0.0957. The molecule has 32 heavy (non-hydrogen) atoms. The maximum Gasteiger partial charge on any atom is 0.416 e. The summed E-state index contributed by atoms with van der Waals surface area (Å²) in [5, 5.41) is 0. The van der Waals surface area contributed by atoms with Crippen LogP contribution in [0.5, 0.6) is 5.75 Å². The highest BCUT2D eigenvalue weighted by molar-refractivity contribution is 7.87. The molecule has 1 aliphatic carbocycles. The first-order valence-electron chi connectivity index (χ1n) is 10.5. The fraction of sp³-hybridized carbons (Fsp3) is 0.435. The normalized spacial score (nSPS) is 15.7. The van der Waals surface area contributed by atoms with E-state index in [1.54, 1.807) is 17.0 Å². The molecule has 2 aromatic carbocycles. The minimum absolute atomic E-state index is 0.0153. The third-order valence-corrected chi connectivity index (χ3v) is 7.01. The molecular formula is C23H26F3NO4S. The van der Waals surface area contributed by atoms with Crippen molar-refractivity contribution in [2.24, 2.45) is 5.92 Å². The largest absolute Gasteiger partial charge is 0.416 e. The fourth-order valence-electron chi connectivity index (χ4n) is 3.46. The Morgan fingerprint density at radius 2 is 1.84 bits per heavy atom. The molecule has 0 spiro atoms. The Kier molecular flexibility index (Phi) is 7.17. The Labute approximate surface area is 186 Å². The van der Waals surface area contributed by atoms with Crippen LogP contribution in [0.1, 0.15) is 50.7 Å². The van der Waals surface area contributed by atoms with Crippen LogP contribution in [0.3, 0.4) is 0 Å². The number of carbonyl (C=O) groups is 1. The van der Waals surface area contributed by atoms with Gasteiger partial charge in [0.1, 0.15) is 10.6 Å². The van der Waals surface area contributed by atoms with Crippen molar-refractivity contribution < 1.29 is 30.6 Å². The number of nitrogens with zero attached hydrogens (tertiary/aromatic N) is 1. The van der Waals surface area contributed by atoms with E-state index in [0.29, 0.717) is 18.2 Å². The van der Waals surface area contributed by atoms with E-state index in [4.69, 9.17) is 4.18 Å². The standard InChI is InChI=1S/C23H26F3NO4S/c1-3-16(2)27(22(28)18-8-5-9-18)15-17-7-4-11-20(13-17)31-32(29,30)21-12-6-10-19(14-21)23(24,25)26/h4,6-7,10-14,16,18H,3,5,8-9,15H2,1-2H3/t16-/m0/s1. The predicted octanol–water partition coefficient (Wildman–Crippen LogP) is 5.40. The Bertz CT molecular complexity index is 1060. The highest BCUT2D eigenvalue weighted by Crippen LogP contribution is 2.32. The first-order chi connectivity index (χ1) is 15.0. The minimum Gasteiger partial charge on any atom is -0.379 e. The van der Waals surface area contributed by atoms with E-state index in [-0.39, 0.29) is 23.6 Å². The summed E-state index contributed by atoms with van der Waals surface area (Å²) in [6.07, 6.45) is -1.09. The highest BCUT2D eigenvalue weighted by atomic mass is 32.2. The lowest BCUT2D eigenvalue weighted by Crippen LogP contribution is -2.43. The Hall–Kier alpha value is -2.55. The lowest BCUT2D eigenvalue weighted by molar-refractivity contribution is -0.141. The Balaban J connectivity index is 1.80. The second-order valence-electron chi connectivity index (χ2n) is 8.06. The number of benzene rings is 2. The lowest BCUT2D eigenvalue weighted by Gasteiger charge is -2.35. The summed E-state index contributed by atoms with van der Waals surface area (Å²) in [4.78, 5) is 14.1.